The van der Waals surface area contributed by atoms with Crippen LogP contribution in [0.25, 0.3) is 10.9 Å². The van der Waals surface area contributed by atoms with E-state index in [4.69, 9.17) is 0 Å². The number of carbonyl (C=O) groups excluding carboxylic acids is 1. The second-order valence-electron chi connectivity index (χ2n) is 5.83. The third kappa shape index (κ3) is 3.40. The SMILES string of the molecule is Cc1cc(C(=O)NC(C)Cc2cncs2)c2cccc(C)c2n1. The van der Waals surface area contributed by atoms with Gasteiger partial charge in [-0.3, -0.25) is 14.8 Å². The van der Waals surface area contributed by atoms with Crippen molar-refractivity contribution in [2.45, 2.75) is 33.2 Å². The van der Waals surface area contributed by atoms with Gasteiger partial charge in [0.05, 0.1) is 16.6 Å². The normalized spacial score (nSPS) is 12.3. The van der Waals surface area contributed by atoms with E-state index in [-0.39, 0.29) is 11.9 Å². The lowest BCUT2D eigenvalue weighted by Gasteiger charge is -2.15. The smallest absolute Gasteiger partial charge is 0.252 e. The molecule has 3 aromatic rings. The quantitative estimate of drug-likeness (QED) is 0.796. The fraction of sp³-hybridized carbons (Fsp3) is 0.278. The highest BCUT2D eigenvalue weighted by Crippen LogP contribution is 2.21. The lowest BCUT2D eigenvalue weighted by molar-refractivity contribution is 0.0941. The Morgan fingerprint density at radius 1 is 1.35 bits per heavy atom. The molecule has 0 aliphatic heterocycles. The fourth-order valence-corrected chi connectivity index (χ4v) is 3.43. The topological polar surface area (TPSA) is 54.9 Å². The summed E-state index contributed by atoms with van der Waals surface area (Å²) in [5.74, 6) is -0.0527. The summed E-state index contributed by atoms with van der Waals surface area (Å²) >= 11 is 1.61. The van der Waals surface area contributed by atoms with Crippen molar-refractivity contribution in [3.63, 3.8) is 0 Å². The summed E-state index contributed by atoms with van der Waals surface area (Å²) in [6, 6.07) is 7.85. The first-order valence-corrected chi connectivity index (χ1v) is 8.48. The number of hydrogen-bond acceptors (Lipinski definition) is 4. The number of para-hydroxylation sites is 1. The zero-order chi connectivity index (χ0) is 16.4. The molecule has 0 radical (unpaired) electrons. The number of thiazole rings is 1. The first kappa shape index (κ1) is 15.6. The molecule has 4 nitrogen and oxygen atoms in total. The van der Waals surface area contributed by atoms with E-state index < -0.39 is 0 Å². The summed E-state index contributed by atoms with van der Waals surface area (Å²) in [4.78, 5) is 22.5. The van der Waals surface area contributed by atoms with Crippen molar-refractivity contribution in [3.05, 3.63) is 57.7 Å². The maximum Gasteiger partial charge on any atom is 0.252 e. The Kier molecular flexibility index (Phi) is 4.39. The first-order valence-electron chi connectivity index (χ1n) is 7.60. The monoisotopic (exact) mass is 325 g/mol. The largest absolute Gasteiger partial charge is 0.349 e. The first-order chi connectivity index (χ1) is 11.0. The molecule has 0 fully saturated rings. The molecule has 0 spiro atoms. The van der Waals surface area contributed by atoms with Crippen LogP contribution >= 0.6 is 11.3 Å². The average Bonchev–Trinajstić information content (AvgIpc) is 3.00. The van der Waals surface area contributed by atoms with Crippen LogP contribution < -0.4 is 5.32 Å². The van der Waals surface area contributed by atoms with Gasteiger partial charge >= 0.3 is 0 Å². The van der Waals surface area contributed by atoms with Gasteiger partial charge < -0.3 is 5.32 Å². The summed E-state index contributed by atoms with van der Waals surface area (Å²) < 4.78 is 0. The number of rotatable bonds is 4. The second-order valence-corrected chi connectivity index (χ2v) is 6.80. The van der Waals surface area contributed by atoms with Crippen molar-refractivity contribution in [3.8, 4) is 0 Å². The molecule has 0 aliphatic carbocycles. The summed E-state index contributed by atoms with van der Waals surface area (Å²) in [5, 5.41) is 3.99. The predicted octanol–water partition coefficient (Wildman–Crippen LogP) is 3.67. The molecule has 1 amide bonds. The van der Waals surface area contributed by atoms with E-state index >= 15 is 0 Å². The molecule has 118 valence electrons. The maximum absolute atomic E-state index is 12.7. The van der Waals surface area contributed by atoms with Crippen LogP contribution in [0.15, 0.2) is 36.0 Å². The number of fused-ring (bicyclic) bond motifs is 1. The molecule has 0 saturated carbocycles. The Bertz CT molecular complexity index is 843. The van der Waals surface area contributed by atoms with Crippen molar-refractivity contribution in [1.29, 1.82) is 0 Å². The highest BCUT2D eigenvalue weighted by atomic mass is 32.1. The molecule has 0 aliphatic rings. The Balaban J connectivity index is 1.87. The molecule has 1 N–H and O–H groups in total. The van der Waals surface area contributed by atoms with Gasteiger partial charge in [0.1, 0.15) is 0 Å². The van der Waals surface area contributed by atoms with E-state index in [0.717, 1.165) is 28.6 Å². The molecule has 2 aromatic heterocycles. The van der Waals surface area contributed by atoms with Crippen LogP contribution in [0.1, 0.15) is 33.4 Å². The van der Waals surface area contributed by atoms with Crippen LogP contribution in [-0.2, 0) is 6.42 Å². The molecule has 0 bridgehead atoms. The standard InChI is InChI=1S/C18H19N3OS/c1-11-5-4-6-15-16(8-13(3)20-17(11)15)18(22)21-12(2)7-14-9-19-10-23-14/h4-6,8-10,12H,7H2,1-3H3,(H,21,22). The van der Waals surface area contributed by atoms with Gasteiger partial charge in [0.15, 0.2) is 0 Å². The van der Waals surface area contributed by atoms with Crippen LogP contribution in [0.4, 0.5) is 0 Å². The molecule has 5 heteroatoms. The number of aryl methyl sites for hydroxylation is 2. The third-order valence-electron chi connectivity index (χ3n) is 3.78. The van der Waals surface area contributed by atoms with Gasteiger partial charge in [0, 0.05) is 34.6 Å². The second kappa shape index (κ2) is 6.46. The zero-order valence-corrected chi connectivity index (χ0v) is 14.3. The number of amides is 1. The van der Waals surface area contributed by atoms with Gasteiger partial charge in [-0.05, 0) is 32.4 Å². The van der Waals surface area contributed by atoms with Crippen LogP contribution in [-0.4, -0.2) is 21.9 Å². The van der Waals surface area contributed by atoms with Gasteiger partial charge in [-0.1, -0.05) is 18.2 Å². The van der Waals surface area contributed by atoms with Crippen molar-refractivity contribution in [2.24, 2.45) is 0 Å². The summed E-state index contributed by atoms with van der Waals surface area (Å²) in [6.07, 6.45) is 2.64. The number of nitrogens with one attached hydrogen (secondary N) is 1. The van der Waals surface area contributed by atoms with Crippen LogP contribution in [0.5, 0.6) is 0 Å². The van der Waals surface area contributed by atoms with Crippen molar-refractivity contribution in [1.82, 2.24) is 15.3 Å². The van der Waals surface area contributed by atoms with Crippen molar-refractivity contribution >= 4 is 28.1 Å². The molecule has 23 heavy (non-hydrogen) atoms. The van der Waals surface area contributed by atoms with Crippen LogP contribution in [0.2, 0.25) is 0 Å². The number of nitrogens with zero attached hydrogens (tertiary/aromatic N) is 2. The molecule has 3 rings (SSSR count). The van der Waals surface area contributed by atoms with E-state index in [9.17, 15) is 4.79 Å². The molecule has 1 unspecified atom stereocenters. The molecule has 1 aromatic carbocycles. The molecule has 1 atom stereocenters. The van der Waals surface area contributed by atoms with E-state index in [1.54, 1.807) is 11.3 Å². The zero-order valence-electron chi connectivity index (χ0n) is 13.5. The minimum atomic E-state index is -0.0527. The van der Waals surface area contributed by atoms with Crippen molar-refractivity contribution < 1.29 is 4.79 Å². The summed E-state index contributed by atoms with van der Waals surface area (Å²) in [7, 11) is 0. The van der Waals surface area contributed by atoms with Gasteiger partial charge in [-0.15, -0.1) is 11.3 Å². The third-order valence-corrected chi connectivity index (χ3v) is 4.58. The van der Waals surface area contributed by atoms with E-state index in [2.05, 4.69) is 15.3 Å². The number of carbonyl (C=O) groups is 1. The van der Waals surface area contributed by atoms with Crippen LogP contribution in [0, 0.1) is 13.8 Å². The minimum Gasteiger partial charge on any atom is -0.349 e. The molecular weight excluding hydrogens is 306 g/mol. The van der Waals surface area contributed by atoms with Crippen LogP contribution in [0.3, 0.4) is 0 Å². The fourth-order valence-electron chi connectivity index (χ4n) is 2.71. The molecule has 0 saturated heterocycles. The Morgan fingerprint density at radius 2 is 2.17 bits per heavy atom. The Morgan fingerprint density at radius 3 is 2.91 bits per heavy atom. The summed E-state index contributed by atoms with van der Waals surface area (Å²) in [5.41, 5.74) is 5.33. The van der Waals surface area contributed by atoms with E-state index in [1.807, 2.05) is 56.7 Å². The Hall–Kier alpha value is -2.27. The lowest BCUT2D eigenvalue weighted by Crippen LogP contribution is -2.34. The average molecular weight is 325 g/mol. The van der Waals surface area contributed by atoms with Gasteiger partial charge in [0.25, 0.3) is 5.91 Å². The lowest BCUT2D eigenvalue weighted by atomic mass is 10.0. The number of benzene rings is 1. The number of pyridine rings is 1. The van der Waals surface area contributed by atoms with E-state index in [1.165, 1.54) is 4.88 Å². The summed E-state index contributed by atoms with van der Waals surface area (Å²) in [6.45, 7) is 5.95. The highest BCUT2D eigenvalue weighted by Gasteiger charge is 2.15. The maximum atomic E-state index is 12.7. The Labute approximate surface area is 139 Å². The van der Waals surface area contributed by atoms with Gasteiger partial charge in [-0.25, -0.2) is 0 Å². The van der Waals surface area contributed by atoms with Gasteiger partial charge in [0.2, 0.25) is 0 Å². The van der Waals surface area contributed by atoms with Crippen molar-refractivity contribution in [2.75, 3.05) is 0 Å². The van der Waals surface area contributed by atoms with E-state index in [0.29, 0.717) is 5.56 Å². The molecular formula is C18H19N3OS. The molecule has 2 heterocycles. The minimum absolute atomic E-state index is 0.0521. The number of aromatic nitrogens is 2. The predicted molar refractivity (Wildman–Crippen MR) is 94.0 cm³/mol. The van der Waals surface area contributed by atoms with Gasteiger partial charge in [-0.2, -0.15) is 0 Å². The highest BCUT2D eigenvalue weighted by molar-refractivity contribution is 7.09. The number of hydrogen-bond donors (Lipinski definition) is 1.